The van der Waals surface area contributed by atoms with Gasteiger partial charge in [0.15, 0.2) is 6.10 Å². The summed E-state index contributed by atoms with van der Waals surface area (Å²) in [4.78, 5) is 17.6. The maximum Gasteiger partial charge on any atom is 0.253 e. The van der Waals surface area contributed by atoms with E-state index in [1.165, 1.54) is 7.11 Å². The molecule has 1 N–H and O–H groups in total. The Kier molecular flexibility index (Phi) is 9.18. The summed E-state index contributed by atoms with van der Waals surface area (Å²) in [6.45, 7) is 4.99. The van der Waals surface area contributed by atoms with E-state index in [-0.39, 0.29) is 12.5 Å². The summed E-state index contributed by atoms with van der Waals surface area (Å²) in [5.41, 5.74) is 3.33. The molecule has 2 aromatic carbocycles. The average molecular weight is 399 g/mol. The molecular formula is C23H30N2O4. The van der Waals surface area contributed by atoms with Gasteiger partial charge in [0.1, 0.15) is 12.4 Å². The van der Waals surface area contributed by atoms with Gasteiger partial charge >= 0.3 is 0 Å². The van der Waals surface area contributed by atoms with Gasteiger partial charge in [0.2, 0.25) is 0 Å². The first-order chi connectivity index (χ1) is 14.1. The van der Waals surface area contributed by atoms with Crippen molar-refractivity contribution in [3.8, 4) is 5.75 Å². The van der Waals surface area contributed by atoms with Crippen LogP contribution in [0, 0.1) is 0 Å². The molecule has 0 aliphatic heterocycles. The topological polar surface area (TPSA) is 69.1 Å². The molecule has 2 rings (SSSR count). The number of nitrogens with zero attached hydrogens (tertiary/aromatic N) is 1. The fourth-order valence-corrected chi connectivity index (χ4v) is 2.81. The summed E-state index contributed by atoms with van der Waals surface area (Å²) in [6, 6.07) is 15.3. The van der Waals surface area contributed by atoms with E-state index in [9.17, 15) is 4.79 Å². The van der Waals surface area contributed by atoms with Gasteiger partial charge < -0.3 is 19.6 Å². The van der Waals surface area contributed by atoms with Crippen molar-refractivity contribution < 1.29 is 19.1 Å². The second-order valence-corrected chi connectivity index (χ2v) is 6.61. The van der Waals surface area contributed by atoms with E-state index in [0.29, 0.717) is 0 Å². The third-order valence-corrected chi connectivity index (χ3v) is 4.52. The number of carbonyl (C=O) groups is 1. The van der Waals surface area contributed by atoms with Crippen LogP contribution in [0.15, 0.2) is 53.7 Å². The molecule has 1 amide bonds. The summed E-state index contributed by atoms with van der Waals surface area (Å²) in [5.74, 6) is 0.644. The molecule has 6 nitrogen and oxygen atoms in total. The van der Waals surface area contributed by atoms with Crippen LogP contribution in [0.4, 0.5) is 0 Å². The van der Waals surface area contributed by atoms with Crippen molar-refractivity contribution in [2.45, 2.75) is 39.4 Å². The highest BCUT2D eigenvalue weighted by Crippen LogP contribution is 2.22. The molecule has 0 aliphatic carbocycles. The molecule has 1 atom stereocenters. The summed E-state index contributed by atoms with van der Waals surface area (Å²) in [5, 5.41) is 6.84. The molecular weight excluding hydrogens is 368 g/mol. The van der Waals surface area contributed by atoms with Crippen molar-refractivity contribution in [3.63, 3.8) is 0 Å². The fourth-order valence-electron chi connectivity index (χ4n) is 2.81. The van der Waals surface area contributed by atoms with Gasteiger partial charge in [0.05, 0.1) is 12.3 Å². The highest BCUT2D eigenvalue weighted by molar-refractivity contribution is 5.98. The zero-order valence-corrected chi connectivity index (χ0v) is 17.6. The largest absolute Gasteiger partial charge is 0.494 e. The second-order valence-electron chi connectivity index (χ2n) is 6.61. The molecule has 0 aliphatic rings. The molecule has 0 fully saturated rings. The van der Waals surface area contributed by atoms with Gasteiger partial charge in [-0.05, 0) is 54.3 Å². The number of hydrogen-bond acceptors (Lipinski definition) is 5. The minimum atomic E-state index is -0.690. The Balaban J connectivity index is 2.01. The van der Waals surface area contributed by atoms with Crippen LogP contribution in [0.2, 0.25) is 0 Å². The maximum absolute atomic E-state index is 12.1. The van der Waals surface area contributed by atoms with Gasteiger partial charge in [-0.3, -0.25) is 4.79 Å². The number of nitrogens with one attached hydrogen (secondary N) is 1. The highest BCUT2D eigenvalue weighted by Gasteiger charge is 2.21. The lowest BCUT2D eigenvalue weighted by Crippen LogP contribution is -2.27. The summed E-state index contributed by atoms with van der Waals surface area (Å²) < 4.78 is 11.0. The van der Waals surface area contributed by atoms with Gasteiger partial charge in [-0.15, -0.1) is 0 Å². The quantitative estimate of drug-likeness (QED) is 0.349. The Morgan fingerprint density at radius 3 is 2.52 bits per heavy atom. The first-order valence-electron chi connectivity index (χ1n) is 9.82. The van der Waals surface area contributed by atoms with Gasteiger partial charge in [0, 0.05) is 14.2 Å². The van der Waals surface area contributed by atoms with E-state index in [1.54, 1.807) is 7.05 Å². The maximum atomic E-state index is 12.1. The molecule has 0 radical (unpaired) electrons. The standard InChI is InChI=1S/C23H30N2O4/c1-5-6-15-28-20-13-11-18(12-14-20)17(2)25-29-16-19-9-7-8-10-21(19)22(27-4)23(26)24-3/h7-14,22H,5-6,15-16H2,1-4H3,(H,24,26)/b25-17+. The number of oxime groups is 1. The van der Waals surface area contributed by atoms with Crippen LogP contribution in [0.3, 0.4) is 0 Å². The zero-order valence-electron chi connectivity index (χ0n) is 17.6. The van der Waals surface area contributed by atoms with Crippen molar-refractivity contribution in [2.24, 2.45) is 5.16 Å². The predicted molar refractivity (Wildman–Crippen MR) is 114 cm³/mol. The molecule has 0 spiro atoms. The highest BCUT2D eigenvalue weighted by atomic mass is 16.6. The Hall–Kier alpha value is -2.86. The SMILES string of the molecule is CCCCOc1ccc(/C(C)=N/OCc2ccccc2C(OC)C(=O)NC)cc1. The molecule has 0 aromatic heterocycles. The monoisotopic (exact) mass is 398 g/mol. The van der Waals surface area contributed by atoms with Crippen LogP contribution < -0.4 is 10.1 Å². The van der Waals surface area contributed by atoms with Crippen molar-refractivity contribution in [2.75, 3.05) is 20.8 Å². The lowest BCUT2D eigenvalue weighted by atomic mass is 10.0. The minimum absolute atomic E-state index is 0.208. The minimum Gasteiger partial charge on any atom is -0.494 e. The van der Waals surface area contributed by atoms with Crippen LogP contribution in [-0.4, -0.2) is 32.4 Å². The Morgan fingerprint density at radius 2 is 1.86 bits per heavy atom. The predicted octanol–water partition coefficient (Wildman–Crippen LogP) is 4.24. The first kappa shape index (κ1) is 22.4. The third-order valence-electron chi connectivity index (χ3n) is 4.52. The van der Waals surface area contributed by atoms with Crippen LogP contribution in [-0.2, 0) is 21.0 Å². The zero-order chi connectivity index (χ0) is 21.1. The smallest absolute Gasteiger partial charge is 0.253 e. The van der Waals surface area contributed by atoms with Crippen molar-refractivity contribution >= 4 is 11.6 Å². The van der Waals surface area contributed by atoms with Crippen molar-refractivity contribution in [1.82, 2.24) is 5.32 Å². The van der Waals surface area contributed by atoms with Crippen molar-refractivity contribution in [3.05, 3.63) is 65.2 Å². The van der Waals surface area contributed by atoms with Crippen LogP contribution >= 0.6 is 0 Å². The number of ether oxygens (including phenoxy) is 2. The van der Waals surface area contributed by atoms with Crippen LogP contribution in [0.1, 0.15) is 49.5 Å². The van der Waals surface area contributed by atoms with E-state index < -0.39 is 6.10 Å². The van der Waals surface area contributed by atoms with Gasteiger partial charge in [0.25, 0.3) is 5.91 Å². The van der Waals surface area contributed by atoms with Gasteiger partial charge in [-0.25, -0.2) is 0 Å². The van der Waals surface area contributed by atoms with E-state index >= 15 is 0 Å². The number of hydrogen-bond donors (Lipinski definition) is 1. The summed E-state index contributed by atoms with van der Waals surface area (Å²) in [6.07, 6.45) is 1.46. The molecule has 0 saturated heterocycles. The van der Waals surface area contributed by atoms with Gasteiger partial charge in [-0.1, -0.05) is 42.8 Å². The summed E-state index contributed by atoms with van der Waals surface area (Å²) in [7, 11) is 3.09. The Morgan fingerprint density at radius 1 is 1.14 bits per heavy atom. The fraction of sp³-hybridized carbons (Fsp3) is 0.391. The normalized spacial score (nSPS) is 12.3. The first-order valence-corrected chi connectivity index (χ1v) is 9.82. The summed E-state index contributed by atoms with van der Waals surface area (Å²) >= 11 is 0. The van der Waals surface area contributed by atoms with E-state index in [1.807, 2.05) is 55.5 Å². The third kappa shape index (κ3) is 6.61. The lowest BCUT2D eigenvalue weighted by molar-refractivity contribution is -0.130. The number of carbonyl (C=O) groups excluding carboxylic acids is 1. The van der Waals surface area contributed by atoms with Crippen LogP contribution in [0.5, 0.6) is 5.75 Å². The van der Waals surface area contributed by atoms with Crippen LogP contribution in [0.25, 0.3) is 0 Å². The molecule has 0 heterocycles. The number of likely N-dealkylation sites (N-methyl/N-ethyl adjacent to an activating group) is 1. The number of benzene rings is 2. The molecule has 6 heteroatoms. The number of amides is 1. The van der Waals surface area contributed by atoms with E-state index in [0.717, 1.165) is 47.6 Å². The molecule has 2 aromatic rings. The van der Waals surface area contributed by atoms with Gasteiger partial charge in [-0.2, -0.15) is 0 Å². The molecule has 0 bridgehead atoms. The molecule has 29 heavy (non-hydrogen) atoms. The molecule has 1 unspecified atom stereocenters. The number of rotatable bonds is 11. The van der Waals surface area contributed by atoms with Crippen molar-refractivity contribution in [1.29, 1.82) is 0 Å². The van der Waals surface area contributed by atoms with E-state index in [2.05, 4.69) is 17.4 Å². The Labute approximate surface area is 172 Å². The lowest BCUT2D eigenvalue weighted by Gasteiger charge is -2.17. The number of methoxy groups -OCH3 is 1. The van der Waals surface area contributed by atoms with E-state index in [4.69, 9.17) is 14.3 Å². The average Bonchev–Trinajstić information content (AvgIpc) is 2.75. The molecule has 0 saturated carbocycles. The Bertz CT molecular complexity index is 803. The molecule has 156 valence electrons. The number of unbranched alkanes of at least 4 members (excludes halogenated alkanes) is 1. The second kappa shape index (κ2) is 11.9.